The Bertz CT molecular complexity index is 711. The molecule has 5 nitrogen and oxygen atoms in total. The van der Waals surface area contributed by atoms with Gasteiger partial charge in [0.2, 0.25) is 5.78 Å². The molecule has 0 unspecified atom stereocenters. The van der Waals surface area contributed by atoms with Crippen LogP contribution >= 0.6 is 11.6 Å². The largest absolute Gasteiger partial charge is 0.462 e. The van der Waals surface area contributed by atoms with Crippen molar-refractivity contribution >= 4 is 29.3 Å². The van der Waals surface area contributed by atoms with Crippen LogP contribution in [0.1, 0.15) is 30.1 Å². The molecule has 0 amide bonds. The summed E-state index contributed by atoms with van der Waals surface area (Å²) in [4.78, 5) is 36.9. The van der Waals surface area contributed by atoms with Gasteiger partial charge in [-0.2, -0.15) is 0 Å². The Hall–Kier alpha value is -1.88. The number of Topliss-reactive ketones (excluding diaryl/α,β-unsaturated/α-hetero) is 1. The highest BCUT2D eigenvalue weighted by atomic mass is 35.5. The van der Waals surface area contributed by atoms with E-state index in [-0.39, 0.29) is 35.6 Å². The molecule has 1 aliphatic heterocycles. The second kappa shape index (κ2) is 5.59. The third-order valence-electron chi connectivity index (χ3n) is 5.55. The summed E-state index contributed by atoms with van der Waals surface area (Å²) >= 11 is 5.81. The third-order valence-corrected chi connectivity index (χ3v) is 5.80. The van der Waals surface area contributed by atoms with Crippen molar-refractivity contribution in [3.05, 3.63) is 34.9 Å². The molecule has 2 saturated carbocycles. The molecule has 3 aliphatic rings. The van der Waals surface area contributed by atoms with Crippen LogP contribution in [0.15, 0.2) is 24.3 Å². The van der Waals surface area contributed by atoms with E-state index in [0.717, 1.165) is 12.8 Å². The molecule has 0 radical (unpaired) electrons. The molecule has 6 atom stereocenters. The Balaban J connectivity index is 1.45. The van der Waals surface area contributed by atoms with Crippen molar-refractivity contribution in [3.63, 3.8) is 0 Å². The zero-order chi connectivity index (χ0) is 17.0. The van der Waals surface area contributed by atoms with Crippen LogP contribution in [-0.2, 0) is 19.1 Å². The summed E-state index contributed by atoms with van der Waals surface area (Å²) in [7, 11) is 0. The van der Waals surface area contributed by atoms with Crippen molar-refractivity contribution in [3.8, 4) is 0 Å². The molecule has 6 heteroatoms. The molecule has 1 saturated heterocycles. The zero-order valence-corrected chi connectivity index (χ0v) is 13.9. The van der Waals surface area contributed by atoms with Crippen LogP contribution in [0, 0.1) is 23.7 Å². The van der Waals surface area contributed by atoms with Crippen LogP contribution in [0.25, 0.3) is 0 Å². The number of carbonyl (C=O) groups excluding carboxylic acids is 3. The lowest BCUT2D eigenvalue weighted by Gasteiger charge is -2.24. The fourth-order valence-corrected chi connectivity index (χ4v) is 4.61. The average molecular weight is 349 g/mol. The number of hydrogen-bond donors (Lipinski definition) is 0. The van der Waals surface area contributed by atoms with Gasteiger partial charge in [0.05, 0.1) is 11.8 Å². The van der Waals surface area contributed by atoms with Crippen LogP contribution < -0.4 is 0 Å². The normalized spacial score (nSPS) is 34.1. The van der Waals surface area contributed by atoms with Crippen molar-refractivity contribution < 1.29 is 23.9 Å². The van der Waals surface area contributed by atoms with Crippen molar-refractivity contribution in [2.24, 2.45) is 23.7 Å². The maximum absolute atomic E-state index is 12.6. The van der Waals surface area contributed by atoms with E-state index in [4.69, 9.17) is 21.1 Å². The first-order valence-electron chi connectivity index (χ1n) is 8.16. The van der Waals surface area contributed by atoms with Crippen molar-refractivity contribution in [2.75, 3.05) is 0 Å². The molecule has 2 aliphatic carbocycles. The second-order valence-corrected chi connectivity index (χ2v) is 7.31. The SMILES string of the molecule is C[C@@H](OC(=O)[C@@H]1[C@@H]2C[C@@H]3[C@@H]1C(=O)O[C@@H]3C2)C(=O)c1ccc(Cl)cc1. The van der Waals surface area contributed by atoms with Crippen molar-refractivity contribution in [1.29, 1.82) is 0 Å². The van der Waals surface area contributed by atoms with Gasteiger partial charge < -0.3 is 9.47 Å². The molecular weight excluding hydrogens is 332 g/mol. The highest BCUT2D eigenvalue weighted by molar-refractivity contribution is 6.30. The number of ketones is 1. The molecule has 1 aromatic carbocycles. The first-order valence-corrected chi connectivity index (χ1v) is 8.54. The third kappa shape index (κ3) is 2.34. The minimum atomic E-state index is -0.897. The predicted octanol–water partition coefficient (Wildman–Crippen LogP) is 2.65. The number of ether oxygens (including phenoxy) is 2. The first-order chi connectivity index (χ1) is 11.5. The zero-order valence-electron chi connectivity index (χ0n) is 13.1. The quantitative estimate of drug-likeness (QED) is 0.618. The van der Waals surface area contributed by atoms with Gasteiger partial charge in [-0.05, 0) is 49.9 Å². The van der Waals surface area contributed by atoms with Crippen LogP contribution in [0.5, 0.6) is 0 Å². The molecule has 0 aromatic heterocycles. The van der Waals surface area contributed by atoms with Crippen molar-refractivity contribution in [1.82, 2.24) is 0 Å². The topological polar surface area (TPSA) is 69.7 Å². The van der Waals surface area contributed by atoms with Gasteiger partial charge >= 0.3 is 11.9 Å². The second-order valence-electron chi connectivity index (χ2n) is 6.87. The summed E-state index contributed by atoms with van der Waals surface area (Å²) in [5, 5.41) is 0.535. The highest BCUT2D eigenvalue weighted by Crippen LogP contribution is 2.58. The molecule has 2 bridgehead atoms. The number of esters is 2. The summed E-state index contributed by atoms with van der Waals surface area (Å²) in [6.45, 7) is 1.55. The van der Waals surface area contributed by atoms with Crippen LogP contribution in [0.4, 0.5) is 0 Å². The fourth-order valence-electron chi connectivity index (χ4n) is 4.48. The number of benzene rings is 1. The van der Waals surface area contributed by atoms with Gasteiger partial charge in [0, 0.05) is 16.5 Å². The maximum Gasteiger partial charge on any atom is 0.310 e. The van der Waals surface area contributed by atoms with E-state index in [9.17, 15) is 14.4 Å². The van der Waals surface area contributed by atoms with Gasteiger partial charge in [0.15, 0.2) is 6.10 Å². The summed E-state index contributed by atoms with van der Waals surface area (Å²) in [6.07, 6.45) is 0.641. The van der Waals surface area contributed by atoms with Gasteiger partial charge in [0.25, 0.3) is 0 Å². The van der Waals surface area contributed by atoms with Gasteiger partial charge in [-0.15, -0.1) is 0 Å². The number of halogens is 1. The molecule has 3 fully saturated rings. The maximum atomic E-state index is 12.6. The van der Waals surface area contributed by atoms with Crippen LogP contribution in [0.3, 0.4) is 0 Å². The van der Waals surface area contributed by atoms with Crippen molar-refractivity contribution in [2.45, 2.75) is 32.0 Å². The standard InChI is InChI=1S/C18H17ClO5/c1-8(16(20)9-2-4-11(19)5-3-9)23-17(21)14-10-6-12-13(7-10)24-18(22)15(12)14/h2-5,8,10,12-15H,6-7H2,1H3/t8-,10-,12+,13-,14-,15+/m1/s1. The Kier molecular flexibility index (Phi) is 3.64. The predicted molar refractivity (Wildman–Crippen MR) is 84.4 cm³/mol. The van der Waals surface area contributed by atoms with E-state index in [0.29, 0.717) is 10.6 Å². The molecular formula is C18H17ClO5. The molecule has 0 spiro atoms. The van der Waals surface area contributed by atoms with Gasteiger partial charge in [-0.1, -0.05) is 11.6 Å². The molecule has 0 N–H and O–H groups in total. The first kappa shape index (κ1) is 15.6. The van der Waals surface area contributed by atoms with E-state index < -0.39 is 18.0 Å². The minimum Gasteiger partial charge on any atom is -0.462 e. The summed E-state index contributed by atoms with van der Waals surface area (Å²) < 4.78 is 10.7. The summed E-state index contributed by atoms with van der Waals surface area (Å²) in [6, 6.07) is 6.44. The highest BCUT2D eigenvalue weighted by Gasteiger charge is 2.64. The fraction of sp³-hybridized carbons (Fsp3) is 0.500. The van der Waals surface area contributed by atoms with Crippen LogP contribution in [-0.4, -0.2) is 29.9 Å². The van der Waals surface area contributed by atoms with Gasteiger partial charge in [-0.3, -0.25) is 14.4 Å². The molecule has 1 aromatic rings. The summed E-state index contributed by atoms with van der Waals surface area (Å²) in [5.41, 5.74) is 0.438. The van der Waals surface area contributed by atoms with Crippen LogP contribution in [0.2, 0.25) is 5.02 Å². The Morgan fingerprint density at radius 2 is 1.96 bits per heavy atom. The number of hydrogen-bond acceptors (Lipinski definition) is 5. The Labute approximate surface area is 144 Å². The Morgan fingerprint density at radius 3 is 2.67 bits per heavy atom. The number of rotatable bonds is 4. The molecule has 1 heterocycles. The lowest BCUT2D eigenvalue weighted by Crippen LogP contribution is -2.36. The van der Waals surface area contributed by atoms with Gasteiger partial charge in [0.1, 0.15) is 6.10 Å². The number of fused-ring (bicyclic) bond motifs is 1. The number of carbonyl (C=O) groups is 3. The van der Waals surface area contributed by atoms with E-state index in [1.54, 1.807) is 31.2 Å². The molecule has 24 heavy (non-hydrogen) atoms. The monoisotopic (exact) mass is 348 g/mol. The smallest absolute Gasteiger partial charge is 0.310 e. The summed E-state index contributed by atoms with van der Waals surface area (Å²) in [5.74, 6) is -1.62. The molecule has 4 rings (SSSR count). The van der Waals surface area contributed by atoms with E-state index in [2.05, 4.69) is 0 Å². The van der Waals surface area contributed by atoms with Gasteiger partial charge in [-0.25, -0.2) is 0 Å². The Morgan fingerprint density at radius 1 is 1.25 bits per heavy atom. The average Bonchev–Trinajstić information content (AvgIpc) is 3.16. The lowest BCUT2D eigenvalue weighted by molar-refractivity contribution is -0.157. The van der Waals surface area contributed by atoms with E-state index in [1.807, 2.05) is 0 Å². The minimum absolute atomic E-state index is 0.0235. The lowest BCUT2D eigenvalue weighted by atomic mass is 9.80. The molecule has 126 valence electrons. The van der Waals surface area contributed by atoms with E-state index >= 15 is 0 Å². The van der Waals surface area contributed by atoms with E-state index in [1.165, 1.54) is 0 Å².